The van der Waals surface area contributed by atoms with Gasteiger partial charge in [-0.3, -0.25) is 0 Å². The van der Waals surface area contributed by atoms with Crippen LogP contribution in [0.25, 0.3) is 0 Å². The number of methoxy groups -OCH3 is 1. The summed E-state index contributed by atoms with van der Waals surface area (Å²) in [7, 11) is 1.67. The monoisotopic (exact) mass is 250 g/mol. The standard InChI is InChI=1S/C14H22N2O2/c1-10-14(2,6-7-18-10)16-9-11-4-5-12(15)8-13(11)17-3/h4-5,8,10,16H,6-7,9,15H2,1-3H3. The van der Waals surface area contributed by atoms with Crippen LogP contribution in [0.1, 0.15) is 25.8 Å². The van der Waals surface area contributed by atoms with E-state index in [4.69, 9.17) is 15.2 Å². The second-order valence-corrected chi connectivity index (χ2v) is 5.11. The molecule has 4 heteroatoms. The van der Waals surface area contributed by atoms with Crippen LogP contribution in [0.5, 0.6) is 5.75 Å². The maximum atomic E-state index is 5.75. The Bertz CT molecular complexity index is 422. The Morgan fingerprint density at radius 1 is 1.56 bits per heavy atom. The van der Waals surface area contributed by atoms with E-state index in [1.165, 1.54) is 0 Å². The molecule has 100 valence electrons. The number of rotatable bonds is 4. The van der Waals surface area contributed by atoms with E-state index in [9.17, 15) is 0 Å². The Labute approximate surface area is 108 Å². The Morgan fingerprint density at radius 3 is 2.94 bits per heavy atom. The zero-order valence-corrected chi connectivity index (χ0v) is 11.3. The first-order valence-electron chi connectivity index (χ1n) is 6.34. The van der Waals surface area contributed by atoms with Crippen molar-refractivity contribution in [2.45, 2.75) is 38.5 Å². The third kappa shape index (κ3) is 2.60. The molecule has 2 unspecified atom stereocenters. The molecule has 1 aromatic carbocycles. The summed E-state index contributed by atoms with van der Waals surface area (Å²) in [5.74, 6) is 0.831. The molecule has 1 aliphatic heterocycles. The van der Waals surface area contributed by atoms with Gasteiger partial charge in [0.05, 0.1) is 13.2 Å². The van der Waals surface area contributed by atoms with Crippen LogP contribution < -0.4 is 15.8 Å². The van der Waals surface area contributed by atoms with Crippen LogP contribution >= 0.6 is 0 Å². The average molecular weight is 250 g/mol. The first-order valence-corrected chi connectivity index (χ1v) is 6.34. The molecule has 0 bridgehead atoms. The van der Waals surface area contributed by atoms with Gasteiger partial charge in [-0.15, -0.1) is 0 Å². The smallest absolute Gasteiger partial charge is 0.125 e. The van der Waals surface area contributed by atoms with Crippen LogP contribution in [-0.4, -0.2) is 25.4 Å². The molecule has 3 N–H and O–H groups in total. The largest absolute Gasteiger partial charge is 0.496 e. The van der Waals surface area contributed by atoms with E-state index in [1.807, 2.05) is 18.2 Å². The molecular weight excluding hydrogens is 228 g/mol. The lowest BCUT2D eigenvalue weighted by molar-refractivity contribution is 0.0880. The fraction of sp³-hybridized carbons (Fsp3) is 0.571. The summed E-state index contributed by atoms with van der Waals surface area (Å²) >= 11 is 0. The zero-order chi connectivity index (χ0) is 13.2. The molecule has 0 spiro atoms. The molecule has 1 aromatic rings. The lowest BCUT2D eigenvalue weighted by Gasteiger charge is -2.29. The van der Waals surface area contributed by atoms with Crippen LogP contribution in [0, 0.1) is 0 Å². The minimum Gasteiger partial charge on any atom is -0.496 e. The Hall–Kier alpha value is -1.26. The van der Waals surface area contributed by atoms with Crippen molar-refractivity contribution in [1.82, 2.24) is 5.32 Å². The zero-order valence-electron chi connectivity index (χ0n) is 11.3. The Balaban J connectivity index is 2.06. The molecule has 0 aliphatic carbocycles. The lowest BCUT2D eigenvalue weighted by Crippen LogP contribution is -2.47. The highest BCUT2D eigenvalue weighted by Gasteiger charge is 2.36. The molecule has 1 fully saturated rings. The molecule has 2 atom stereocenters. The van der Waals surface area contributed by atoms with E-state index in [0.717, 1.165) is 36.6 Å². The van der Waals surface area contributed by atoms with Gasteiger partial charge in [0, 0.05) is 36.0 Å². The number of hydrogen-bond acceptors (Lipinski definition) is 4. The molecule has 0 saturated carbocycles. The van der Waals surface area contributed by atoms with E-state index in [-0.39, 0.29) is 11.6 Å². The van der Waals surface area contributed by atoms with Crippen molar-refractivity contribution in [3.63, 3.8) is 0 Å². The van der Waals surface area contributed by atoms with Crippen LogP contribution in [0.15, 0.2) is 18.2 Å². The number of nitrogen functional groups attached to an aromatic ring is 1. The van der Waals surface area contributed by atoms with Crippen molar-refractivity contribution in [2.75, 3.05) is 19.5 Å². The van der Waals surface area contributed by atoms with E-state index in [2.05, 4.69) is 19.2 Å². The molecule has 0 amide bonds. The van der Waals surface area contributed by atoms with Crippen LogP contribution in [0.3, 0.4) is 0 Å². The summed E-state index contributed by atoms with van der Waals surface area (Å²) in [6, 6.07) is 5.76. The highest BCUT2D eigenvalue weighted by molar-refractivity contribution is 5.48. The molecule has 18 heavy (non-hydrogen) atoms. The minimum atomic E-state index is 0.0341. The van der Waals surface area contributed by atoms with Crippen molar-refractivity contribution in [2.24, 2.45) is 0 Å². The predicted octanol–water partition coefficient (Wildman–Crippen LogP) is 1.93. The minimum absolute atomic E-state index is 0.0341. The van der Waals surface area contributed by atoms with E-state index in [1.54, 1.807) is 7.11 Å². The van der Waals surface area contributed by atoms with Gasteiger partial charge in [0.15, 0.2) is 0 Å². The normalized spacial score (nSPS) is 27.4. The summed E-state index contributed by atoms with van der Waals surface area (Å²) in [5.41, 5.74) is 7.62. The average Bonchev–Trinajstić information content (AvgIpc) is 2.68. The maximum Gasteiger partial charge on any atom is 0.125 e. The van der Waals surface area contributed by atoms with Crippen molar-refractivity contribution < 1.29 is 9.47 Å². The number of benzene rings is 1. The van der Waals surface area contributed by atoms with Crippen molar-refractivity contribution in [3.8, 4) is 5.75 Å². The number of nitrogens with one attached hydrogen (secondary N) is 1. The number of ether oxygens (including phenoxy) is 2. The topological polar surface area (TPSA) is 56.5 Å². The van der Waals surface area contributed by atoms with Gasteiger partial charge in [0.25, 0.3) is 0 Å². The van der Waals surface area contributed by atoms with Crippen LogP contribution in [0.4, 0.5) is 5.69 Å². The lowest BCUT2D eigenvalue weighted by atomic mass is 9.94. The van der Waals surface area contributed by atoms with Gasteiger partial charge in [0.2, 0.25) is 0 Å². The van der Waals surface area contributed by atoms with Gasteiger partial charge in [-0.05, 0) is 26.3 Å². The van der Waals surface area contributed by atoms with Crippen molar-refractivity contribution in [1.29, 1.82) is 0 Å². The van der Waals surface area contributed by atoms with Crippen LogP contribution in [-0.2, 0) is 11.3 Å². The van der Waals surface area contributed by atoms with Gasteiger partial charge < -0.3 is 20.5 Å². The van der Waals surface area contributed by atoms with Gasteiger partial charge in [-0.2, -0.15) is 0 Å². The second kappa shape index (κ2) is 5.16. The van der Waals surface area contributed by atoms with E-state index in [0.29, 0.717) is 0 Å². The molecule has 0 aromatic heterocycles. The molecule has 1 heterocycles. The molecule has 4 nitrogen and oxygen atoms in total. The van der Waals surface area contributed by atoms with Gasteiger partial charge in [0.1, 0.15) is 5.75 Å². The van der Waals surface area contributed by atoms with Crippen LogP contribution in [0.2, 0.25) is 0 Å². The quantitative estimate of drug-likeness (QED) is 0.802. The fourth-order valence-corrected chi connectivity index (χ4v) is 2.27. The summed E-state index contributed by atoms with van der Waals surface area (Å²) in [6.45, 7) is 5.89. The second-order valence-electron chi connectivity index (χ2n) is 5.11. The first-order chi connectivity index (χ1) is 8.55. The first kappa shape index (κ1) is 13.2. The molecule has 0 radical (unpaired) electrons. The van der Waals surface area contributed by atoms with E-state index < -0.39 is 0 Å². The molecule has 2 rings (SSSR count). The summed E-state index contributed by atoms with van der Waals surface area (Å²) < 4.78 is 11.0. The van der Waals surface area contributed by atoms with Gasteiger partial charge in [-0.25, -0.2) is 0 Å². The number of nitrogens with two attached hydrogens (primary N) is 1. The maximum absolute atomic E-state index is 5.75. The highest BCUT2D eigenvalue weighted by atomic mass is 16.5. The SMILES string of the molecule is COc1cc(N)ccc1CNC1(C)CCOC1C. The Kier molecular flexibility index (Phi) is 3.78. The molecule has 1 saturated heterocycles. The van der Waals surface area contributed by atoms with Crippen molar-refractivity contribution in [3.05, 3.63) is 23.8 Å². The van der Waals surface area contributed by atoms with Crippen molar-refractivity contribution >= 4 is 5.69 Å². The third-order valence-electron chi connectivity index (χ3n) is 3.88. The van der Waals surface area contributed by atoms with Gasteiger partial charge in [-0.1, -0.05) is 6.07 Å². The molecular formula is C14H22N2O2. The Morgan fingerprint density at radius 2 is 2.33 bits per heavy atom. The number of anilines is 1. The predicted molar refractivity (Wildman–Crippen MR) is 72.7 cm³/mol. The van der Waals surface area contributed by atoms with Gasteiger partial charge >= 0.3 is 0 Å². The number of hydrogen-bond donors (Lipinski definition) is 2. The summed E-state index contributed by atoms with van der Waals surface area (Å²) in [5, 5.41) is 3.57. The summed E-state index contributed by atoms with van der Waals surface area (Å²) in [4.78, 5) is 0. The summed E-state index contributed by atoms with van der Waals surface area (Å²) in [6.07, 6.45) is 1.27. The third-order valence-corrected chi connectivity index (χ3v) is 3.88. The molecule has 1 aliphatic rings. The highest BCUT2D eigenvalue weighted by Crippen LogP contribution is 2.27. The van der Waals surface area contributed by atoms with E-state index >= 15 is 0 Å². The fourth-order valence-electron chi connectivity index (χ4n) is 2.27.